The Balaban J connectivity index is 1.35. The van der Waals surface area contributed by atoms with Gasteiger partial charge in [-0.15, -0.1) is 0 Å². The maximum Gasteiger partial charge on any atom is 0.340 e. The SMILES string of the molecule is CC1(C)O[C@@H]2C[C@H]3[C@@H](C[C@]2(C)O1)OC(OC(=O)c1ccccc1)[C@@H]3COC(=O)c1ccccc1. The van der Waals surface area contributed by atoms with E-state index in [0.717, 1.165) is 0 Å². The van der Waals surface area contributed by atoms with Crippen molar-refractivity contribution in [2.24, 2.45) is 11.8 Å². The molecule has 0 amide bonds. The molecular weight excluding hydrogens is 436 g/mol. The second-order valence-electron chi connectivity index (χ2n) is 9.97. The van der Waals surface area contributed by atoms with Crippen molar-refractivity contribution in [2.45, 2.75) is 63.5 Å². The predicted octanol–water partition coefficient (Wildman–Crippen LogP) is 4.36. The van der Waals surface area contributed by atoms with Crippen molar-refractivity contribution in [3.8, 4) is 0 Å². The molecule has 1 aliphatic carbocycles. The van der Waals surface area contributed by atoms with Crippen LogP contribution in [0.1, 0.15) is 54.3 Å². The van der Waals surface area contributed by atoms with Gasteiger partial charge in [-0.3, -0.25) is 0 Å². The Bertz CT molecular complexity index is 1040. The first kappa shape index (κ1) is 23.0. The molecule has 34 heavy (non-hydrogen) atoms. The van der Waals surface area contributed by atoms with Crippen LogP contribution >= 0.6 is 0 Å². The summed E-state index contributed by atoms with van der Waals surface area (Å²) < 4.78 is 30.2. The molecule has 5 rings (SSSR count). The van der Waals surface area contributed by atoms with Crippen LogP contribution < -0.4 is 0 Å². The van der Waals surface area contributed by atoms with Crippen LogP contribution in [0.2, 0.25) is 0 Å². The lowest BCUT2D eigenvalue weighted by atomic mass is 9.72. The minimum absolute atomic E-state index is 0.00674. The maximum absolute atomic E-state index is 12.8. The van der Waals surface area contributed by atoms with Gasteiger partial charge in [0.15, 0.2) is 5.79 Å². The first-order valence-corrected chi connectivity index (χ1v) is 11.8. The molecule has 3 aliphatic rings. The molecule has 6 atom stereocenters. The van der Waals surface area contributed by atoms with Gasteiger partial charge in [0, 0.05) is 6.42 Å². The van der Waals surface area contributed by atoms with Crippen LogP contribution in [0.3, 0.4) is 0 Å². The summed E-state index contributed by atoms with van der Waals surface area (Å²) in [7, 11) is 0. The molecule has 2 saturated heterocycles. The third-order valence-electron chi connectivity index (χ3n) is 7.01. The normalized spacial score (nSPS) is 33.6. The van der Waals surface area contributed by atoms with Crippen molar-refractivity contribution in [3.63, 3.8) is 0 Å². The van der Waals surface area contributed by atoms with E-state index in [2.05, 4.69) is 0 Å². The Labute approximate surface area is 199 Å². The van der Waals surface area contributed by atoms with Gasteiger partial charge in [0.1, 0.15) is 6.61 Å². The van der Waals surface area contributed by atoms with Crippen LogP contribution in [0.5, 0.6) is 0 Å². The van der Waals surface area contributed by atoms with Crippen molar-refractivity contribution < 1.29 is 33.3 Å². The molecule has 2 heterocycles. The molecule has 1 saturated carbocycles. The van der Waals surface area contributed by atoms with Crippen LogP contribution in [0.25, 0.3) is 0 Å². The molecule has 0 aromatic heterocycles. The Kier molecular flexibility index (Phi) is 5.96. The number of carbonyl (C=O) groups is 2. The summed E-state index contributed by atoms with van der Waals surface area (Å²) in [4.78, 5) is 25.4. The fourth-order valence-corrected chi connectivity index (χ4v) is 5.51. The van der Waals surface area contributed by atoms with Gasteiger partial charge in [0.05, 0.1) is 34.9 Å². The van der Waals surface area contributed by atoms with Crippen molar-refractivity contribution in [2.75, 3.05) is 6.61 Å². The Hall–Kier alpha value is -2.74. The number of hydrogen-bond donors (Lipinski definition) is 0. The zero-order chi connectivity index (χ0) is 23.9. The van der Waals surface area contributed by atoms with E-state index in [9.17, 15) is 9.59 Å². The molecule has 7 heteroatoms. The standard InChI is InChI=1S/C27H30O7/c1-26(2)33-22-14-19-20(16-30-23(28)17-10-6-4-7-11-17)25(31-21(19)15-27(22,3)34-26)32-24(29)18-12-8-5-9-13-18/h4-13,19-22,25H,14-16H2,1-3H3/t19-,20-,21-,22-,25?,27+/m1/s1. The summed E-state index contributed by atoms with van der Waals surface area (Å²) >= 11 is 0. The van der Waals surface area contributed by atoms with Crippen LogP contribution in [0, 0.1) is 11.8 Å². The molecular formula is C27H30O7. The van der Waals surface area contributed by atoms with E-state index in [4.69, 9.17) is 23.7 Å². The fraction of sp³-hybridized carbons (Fsp3) is 0.481. The highest BCUT2D eigenvalue weighted by molar-refractivity contribution is 5.89. The average molecular weight is 467 g/mol. The summed E-state index contributed by atoms with van der Waals surface area (Å²) in [5.41, 5.74) is 0.424. The number of carbonyl (C=O) groups excluding carboxylic acids is 2. The lowest BCUT2D eigenvalue weighted by Gasteiger charge is -2.39. The molecule has 0 bridgehead atoms. The van der Waals surface area contributed by atoms with Crippen molar-refractivity contribution in [1.82, 2.24) is 0 Å². The van der Waals surface area contributed by atoms with Crippen LogP contribution in [-0.4, -0.2) is 48.4 Å². The van der Waals surface area contributed by atoms with Gasteiger partial charge in [-0.2, -0.15) is 0 Å². The van der Waals surface area contributed by atoms with Crippen molar-refractivity contribution in [1.29, 1.82) is 0 Å². The lowest BCUT2D eigenvalue weighted by Crippen LogP contribution is -2.48. The van der Waals surface area contributed by atoms with E-state index in [0.29, 0.717) is 24.0 Å². The van der Waals surface area contributed by atoms with E-state index in [-0.39, 0.29) is 30.7 Å². The molecule has 180 valence electrons. The zero-order valence-electron chi connectivity index (χ0n) is 19.6. The molecule has 0 radical (unpaired) electrons. The maximum atomic E-state index is 12.8. The summed E-state index contributed by atoms with van der Waals surface area (Å²) in [6.07, 6.45) is 0.115. The minimum atomic E-state index is -0.832. The highest BCUT2D eigenvalue weighted by Crippen LogP contribution is 2.52. The monoisotopic (exact) mass is 466 g/mol. The molecule has 2 aromatic carbocycles. The van der Waals surface area contributed by atoms with Gasteiger partial charge in [0.2, 0.25) is 6.29 Å². The van der Waals surface area contributed by atoms with E-state index >= 15 is 0 Å². The summed E-state index contributed by atoms with van der Waals surface area (Å²) in [5.74, 6) is -1.88. The van der Waals surface area contributed by atoms with Gasteiger partial charge < -0.3 is 23.7 Å². The largest absolute Gasteiger partial charge is 0.462 e. The van der Waals surface area contributed by atoms with E-state index < -0.39 is 29.6 Å². The molecule has 2 aliphatic heterocycles. The second-order valence-corrected chi connectivity index (χ2v) is 9.97. The van der Waals surface area contributed by atoms with Crippen molar-refractivity contribution in [3.05, 3.63) is 71.8 Å². The molecule has 3 fully saturated rings. The topological polar surface area (TPSA) is 80.3 Å². The average Bonchev–Trinajstić information content (AvgIpc) is 3.26. The van der Waals surface area contributed by atoms with E-state index in [1.807, 2.05) is 32.9 Å². The first-order chi connectivity index (χ1) is 16.2. The molecule has 1 unspecified atom stereocenters. The quantitative estimate of drug-likeness (QED) is 0.606. The number of esters is 2. The second kappa shape index (κ2) is 8.80. The minimum Gasteiger partial charge on any atom is -0.462 e. The van der Waals surface area contributed by atoms with Gasteiger partial charge in [-0.05, 0) is 57.4 Å². The summed E-state index contributed by atoms with van der Waals surface area (Å²) in [6.45, 7) is 5.95. The predicted molar refractivity (Wildman–Crippen MR) is 122 cm³/mol. The third kappa shape index (κ3) is 4.48. The van der Waals surface area contributed by atoms with Crippen LogP contribution in [0.15, 0.2) is 60.7 Å². The summed E-state index contributed by atoms with van der Waals surface area (Å²) in [5, 5.41) is 0. The smallest absolute Gasteiger partial charge is 0.340 e. The molecule has 2 aromatic rings. The fourth-order valence-electron chi connectivity index (χ4n) is 5.51. The number of benzene rings is 2. The first-order valence-electron chi connectivity index (χ1n) is 11.8. The van der Waals surface area contributed by atoms with Crippen LogP contribution in [0.4, 0.5) is 0 Å². The molecule has 0 spiro atoms. The van der Waals surface area contributed by atoms with Crippen LogP contribution in [-0.2, 0) is 23.7 Å². The number of fused-ring (bicyclic) bond motifs is 2. The Morgan fingerprint density at radius 1 is 0.941 bits per heavy atom. The number of rotatable bonds is 5. The Morgan fingerprint density at radius 2 is 1.56 bits per heavy atom. The van der Waals surface area contributed by atoms with Gasteiger partial charge in [-0.25, -0.2) is 9.59 Å². The van der Waals surface area contributed by atoms with E-state index in [1.165, 1.54) is 0 Å². The Morgan fingerprint density at radius 3 is 2.21 bits per heavy atom. The van der Waals surface area contributed by atoms with Gasteiger partial charge >= 0.3 is 11.9 Å². The number of hydrogen-bond acceptors (Lipinski definition) is 7. The van der Waals surface area contributed by atoms with Crippen molar-refractivity contribution >= 4 is 11.9 Å². The lowest BCUT2D eigenvalue weighted by molar-refractivity contribution is -0.170. The molecule has 7 nitrogen and oxygen atoms in total. The zero-order valence-corrected chi connectivity index (χ0v) is 19.6. The highest BCUT2D eigenvalue weighted by atomic mass is 16.8. The molecule has 0 N–H and O–H groups in total. The number of ether oxygens (including phenoxy) is 5. The van der Waals surface area contributed by atoms with E-state index in [1.54, 1.807) is 48.5 Å². The van der Waals surface area contributed by atoms with Gasteiger partial charge in [-0.1, -0.05) is 36.4 Å². The highest BCUT2D eigenvalue weighted by Gasteiger charge is 2.60. The van der Waals surface area contributed by atoms with Gasteiger partial charge in [0.25, 0.3) is 0 Å². The third-order valence-corrected chi connectivity index (χ3v) is 7.01. The summed E-state index contributed by atoms with van der Waals surface area (Å²) in [6, 6.07) is 17.6.